The van der Waals surface area contributed by atoms with Crippen LogP contribution in [0, 0.1) is 23.2 Å². The second-order valence-electron chi connectivity index (χ2n) is 5.05. The van der Waals surface area contributed by atoms with Gasteiger partial charge >= 0.3 is 0 Å². The zero-order chi connectivity index (χ0) is 14.7. The molecular formula is C16H15BrN2O. The minimum Gasteiger partial charge on any atom is -0.325 e. The van der Waals surface area contributed by atoms with Gasteiger partial charge in [-0.05, 0) is 41.0 Å². The second-order valence-corrected chi connectivity index (χ2v) is 5.96. The lowest BCUT2D eigenvalue weighted by molar-refractivity contribution is -0.119. The summed E-state index contributed by atoms with van der Waals surface area (Å²) in [5.74, 6) is -0.883. The summed E-state index contributed by atoms with van der Waals surface area (Å²) in [7, 11) is 0. The molecule has 1 N–H and O–H groups in total. The maximum atomic E-state index is 12.0. The third-order valence-electron chi connectivity index (χ3n) is 3.16. The molecule has 1 atom stereocenters. The molecule has 1 unspecified atom stereocenters. The largest absolute Gasteiger partial charge is 0.325 e. The molecule has 3 nitrogen and oxygen atoms in total. The Bertz CT molecular complexity index is 688. The Hall–Kier alpha value is -1.86. The number of halogens is 1. The predicted octanol–water partition coefficient (Wildman–Crippen LogP) is 4.34. The maximum Gasteiger partial charge on any atom is 0.241 e. The summed E-state index contributed by atoms with van der Waals surface area (Å²) >= 11 is 3.43. The van der Waals surface area contributed by atoms with Crippen LogP contribution in [-0.4, -0.2) is 5.91 Å². The molecule has 2 aromatic carbocycles. The highest BCUT2D eigenvalue weighted by Crippen LogP contribution is 2.23. The van der Waals surface area contributed by atoms with Crippen LogP contribution in [0.25, 0.3) is 10.8 Å². The third kappa shape index (κ3) is 3.17. The fourth-order valence-electron chi connectivity index (χ4n) is 2.02. The van der Waals surface area contributed by atoms with E-state index in [0.29, 0.717) is 5.69 Å². The Morgan fingerprint density at radius 3 is 2.50 bits per heavy atom. The summed E-state index contributed by atoms with van der Waals surface area (Å²) in [6.07, 6.45) is 0. The van der Waals surface area contributed by atoms with Crippen LogP contribution in [-0.2, 0) is 4.79 Å². The van der Waals surface area contributed by atoms with Crippen LogP contribution >= 0.6 is 15.9 Å². The lowest BCUT2D eigenvalue weighted by Crippen LogP contribution is -2.25. The Balaban J connectivity index is 2.24. The minimum absolute atomic E-state index is 0.00332. The monoisotopic (exact) mass is 330 g/mol. The second kappa shape index (κ2) is 6.06. The molecule has 20 heavy (non-hydrogen) atoms. The third-order valence-corrected chi connectivity index (χ3v) is 3.65. The van der Waals surface area contributed by atoms with Crippen LogP contribution in [0.4, 0.5) is 5.69 Å². The van der Waals surface area contributed by atoms with Gasteiger partial charge in [0.15, 0.2) is 0 Å². The van der Waals surface area contributed by atoms with Gasteiger partial charge in [0.1, 0.15) is 5.92 Å². The SMILES string of the molecule is CC(C)C(C#N)C(=O)Nc1ccc2cc(Br)ccc2c1. The van der Waals surface area contributed by atoms with Gasteiger partial charge in [-0.15, -0.1) is 0 Å². The van der Waals surface area contributed by atoms with Crippen molar-refractivity contribution in [1.82, 2.24) is 0 Å². The maximum absolute atomic E-state index is 12.0. The van der Waals surface area contributed by atoms with Crippen molar-refractivity contribution >= 4 is 38.3 Å². The first-order valence-electron chi connectivity index (χ1n) is 6.41. The van der Waals surface area contributed by atoms with Gasteiger partial charge in [0.2, 0.25) is 5.91 Å². The van der Waals surface area contributed by atoms with E-state index in [1.165, 1.54) is 0 Å². The molecule has 0 spiro atoms. The van der Waals surface area contributed by atoms with Crippen LogP contribution < -0.4 is 5.32 Å². The molecule has 0 fully saturated rings. The Kier molecular flexibility index (Phi) is 4.41. The molecule has 0 saturated carbocycles. The van der Waals surface area contributed by atoms with E-state index >= 15 is 0 Å². The first-order valence-corrected chi connectivity index (χ1v) is 7.20. The van der Waals surface area contributed by atoms with Crippen molar-refractivity contribution in [2.24, 2.45) is 11.8 Å². The van der Waals surface area contributed by atoms with Crippen LogP contribution in [0.2, 0.25) is 0 Å². The summed E-state index contributed by atoms with van der Waals surface area (Å²) in [4.78, 5) is 12.0. The van der Waals surface area contributed by atoms with Crippen molar-refractivity contribution in [3.05, 3.63) is 40.9 Å². The molecule has 1 amide bonds. The number of nitriles is 1. The van der Waals surface area contributed by atoms with Gasteiger partial charge in [0.25, 0.3) is 0 Å². The zero-order valence-corrected chi connectivity index (χ0v) is 12.9. The molecule has 2 rings (SSSR count). The van der Waals surface area contributed by atoms with Crippen LogP contribution in [0.1, 0.15) is 13.8 Å². The van der Waals surface area contributed by atoms with Gasteiger partial charge in [-0.2, -0.15) is 5.26 Å². The highest BCUT2D eigenvalue weighted by Gasteiger charge is 2.21. The molecule has 2 aromatic rings. The van der Waals surface area contributed by atoms with Gasteiger partial charge in [-0.1, -0.05) is 41.9 Å². The number of amides is 1. The average Bonchev–Trinajstić information content (AvgIpc) is 2.39. The van der Waals surface area contributed by atoms with Crippen molar-refractivity contribution in [3.8, 4) is 6.07 Å². The van der Waals surface area contributed by atoms with Gasteiger partial charge in [0, 0.05) is 10.2 Å². The van der Waals surface area contributed by atoms with E-state index in [1.54, 1.807) is 0 Å². The lowest BCUT2D eigenvalue weighted by atomic mass is 9.96. The van der Waals surface area contributed by atoms with Crippen LogP contribution in [0.5, 0.6) is 0 Å². The van der Waals surface area contributed by atoms with E-state index in [-0.39, 0.29) is 11.8 Å². The van der Waals surface area contributed by atoms with E-state index in [1.807, 2.05) is 56.3 Å². The summed E-state index contributed by atoms with van der Waals surface area (Å²) in [5, 5.41) is 14.0. The Morgan fingerprint density at radius 2 is 1.85 bits per heavy atom. The van der Waals surface area contributed by atoms with E-state index in [9.17, 15) is 4.79 Å². The molecule has 0 heterocycles. The van der Waals surface area contributed by atoms with Gasteiger partial charge < -0.3 is 5.32 Å². The first-order chi connectivity index (χ1) is 9.51. The van der Waals surface area contributed by atoms with Crippen LogP contribution in [0.3, 0.4) is 0 Å². The Morgan fingerprint density at radius 1 is 1.20 bits per heavy atom. The molecule has 0 saturated heterocycles. The first kappa shape index (κ1) is 14.5. The number of rotatable bonds is 3. The molecular weight excluding hydrogens is 316 g/mol. The van der Waals surface area contributed by atoms with Crippen LogP contribution in [0.15, 0.2) is 40.9 Å². The lowest BCUT2D eigenvalue weighted by Gasteiger charge is -2.13. The summed E-state index contributed by atoms with van der Waals surface area (Å²) < 4.78 is 1.02. The summed E-state index contributed by atoms with van der Waals surface area (Å²) in [6, 6.07) is 13.7. The Labute approximate surface area is 126 Å². The predicted molar refractivity (Wildman–Crippen MR) is 84.2 cm³/mol. The topological polar surface area (TPSA) is 52.9 Å². The highest BCUT2D eigenvalue weighted by molar-refractivity contribution is 9.10. The fraction of sp³-hybridized carbons (Fsp3) is 0.250. The quantitative estimate of drug-likeness (QED) is 0.910. The van der Waals surface area contributed by atoms with Crippen molar-refractivity contribution in [1.29, 1.82) is 5.26 Å². The van der Waals surface area contributed by atoms with Crippen molar-refractivity contribution in [3.63, 3.8) is 0 Å². The summed E-state index contributed by atoms with van der Waals surface area (Å²) in [5.41, 5.74) is 0.714. The number of carbonyl (C=O) groups excluding carboxylic acids is 1. The van der Waals surface area contributed by atoms with E-state index < -0.39 is 5.92 Å². The molecule has 0 aliphatic carbocycles. The molecule has 0 aliphatic heterocycles. The molecule has 0 aliphatic rings. The molecule has 0 radical (unpaired) electrons. The fourth-order valence-corrected chi connectivity index (χ4v) is 2.40. The van der Waals surface area contributed by atoms with E-state index in [4.69, 9.17) is 5.26 Å². The van der Waals surface area contributed by atoms with Crippen molar-refractivity contribution in [2.75, 3.05) is 5.32 Å². The number of carbonyl (C=O) groups is 1. The molecule has 0 bridgehead atoms. The van der Waals surface area contributed by atoms with E-state index in [0.717, 1.165) is 15.2 Å². The standard InChI is InChI=1S/C16H15BrN2O/c1-10(2)15(9-18)16(20)19-14-6-4-11-7-13(17)5-3-12(11)8-14/h3-8,10,15H,1-2H3,(H,19,20). The number of fused-ring (bicyclic) bond motifs is 1. The minimum atomic E-state index is -0.629. The van der Waals surface area contributed by atoms with Gasteiger partial charge in [-0.25, -0.2) is 0 Å². The number of hydrogen-bond acceptors (Lipinski definition) is 2. The van der Waals surface area contributed by atoms with Crippen molar-refractivity contribution in [2.45, 2.75) is 13.8 Å². The number of nitrogens with one attached hydrogen (secondary N) is 1. The van der Waals surface area contributed by atoms with Gasteiger partial charge in [-0.3, -0.25) is 4.79 Å². The normalized spacial score (nSPS) is 12.2. The molecule has 4 heteroatoms. The zero-order valence-electron chi connectivity index (χ0n) is 11.4. The molecule has 0 aromatic heterocycles. The van der Waals surface area contributed by atoms with Crippen molar-refractivity contribution < 1.29 is 4.79 Å². The van der Waals surface area contributed by atoms with E-state index in [2.05, 4.69) is 21.2 Å². The number of hydrogen-bond donors (Lipinski definition) is 1. The smallest absolute Gasteiger partial charge is 0.241 e. The number of anilines is 1. The average molecular weight is 331 g/mol. The highest BCUT2D eigenvalue weighted by atomic mass is 79.9. The molecule has 102 valence electrons. The summed E-state index contributed by atoms with van der Waals surface area (Å²) in [6.45, 7) is 3.73. The number of nitrogens with zero attached hydrogens (tertiary/aromatic N) is 1. The number of benzene rings is 2. The van der Waals surface area contributed by atoms with Gasteiger partial charge in [0.05, 0.1) is 6.07 Å².